The van der Waals surface area contributed by atoms with Gasteiger partial charge in [0.15, 0.2) is 6.61 Å². The van der Waals surface area contributed by atoms with Gasteiger partial charge in [-0.1, -0.05) is 6.42 Å². The Kier molecular flexibility index (Phi) is 6.31. The highest BCUT2D eigenvalue weighted by molar-refractivity contribution is 5.84. The molecule has 0 atom stereocenters. The highest BCUT2D eigenvalue weighted by Crippen LogP contribution is 2.57. The molecule has 1 saturated heterocycles. The first kappa shape index (κ1) is 21.1. The molecule has 30 heavy (non-hydrogen) atoms. The summed E-state index contributed by atoms with van der Waals surface area (Å²) in [5.74, 6) is 1.33. The minimum Gasteiger partial charge on any atom is -0.454 e. The molecule has 5 rings (SSSR count). The van der Waals surface area contributed by atoms with E-state index in [1.807, 2.05) is 4.90 Å². The molecule has 0 unspecified atom stereocenters. The van der Waals surface area contributed by atoms with Crippen LogP contribution in [0.2, 0.25) is 0 Å². The zero-order valence-electron chi connectivity index (χ0n) is 17.8. The van der Waals surface area contributed by atoms with Gasteiger partial charge in [-0.15, -0.1) is 0 Å². The Morgan fingerprint density at radius 1 is 1.10 bits per heavy atom. The minimum atomic E-state index is -0.524. The van der Waals surface area contributed by atoms with Crippen molar-refractivity contribution in [2.24, 2.45) is 17.8 Å². The number of nitriles is 1. The van der Waals surface area contributed by atoms with Gasteiger partial charge in [-0.05, 0) is 69.1 Å². The Morgan fingerprint density at radius 3 is 2.40 bits per heavy atom. The minimum absolute atomic E-state index is 0.0139. The summed E-state index contributed by atoms with van der Waals surface area (Å²) < 4.78 is 5.31. The highest BCUT2D eigenvalue weighted by atomic mass is 16.5. The Labute approximate surface area is 178 Å². The smallest absolute Gasteiger partial charge is 0.326 e. The van der Waals surface area contributed by atoms with Gasteiger partial charge in [0.2, 0.25) is 5.91 Å². The molecule has 0 aromatic heterocycles. The number of rotatable bonds is 7. The van der Waals surface area contributed by atoms with Gasteiger partial charge < -0.3 is 14.5 Å². The molecule has 5 fully saturated rings. The zero-order valence-corrected chi connectivity index (χ0v) is 17.8. The summed E-state index contributed by atoms with van der Waals surface area (Å²) in [4.78, 5) is 41.0. The second-order valence-corrected chi connectivity index (χ2v) is 9.88. The maximum atomic E-state index is 13.1. The lowest BCUT2D eigenvalue weighted by atomic mass is 9.52. The fraction of sp³-hybridized carbons (Fsp3) is 0.826. The fourth-order valence-electron chi connectivity index (χ4n) is 6.81. The Balaban J connectivity index is 1.36. The molecule has 0 spiro atoms. The summed E-state index contributed by atoms with van der Waals surface area (Å²) in [5, 5.41) is 9.12. The molecule has 1 aliphatic heterocycles. The summed E-state index contributed by atoms with van der Waals surface area (Å²) in [5.41, 5.74) is -0.157. The van der Waals surface area contributed by atoms with Crippen molar-refractivity contribution >= 4 is 17.8 Å². The lowest BCUT2D eigenvalue weighted by Gasteiger charge is -2.60. The Morgan fingerprint density at radius 2 is 1.77 bits per heavy atom. The maximum absolute atomic E-state index is 13.1. The lowest BCUT2D eigenvalue weighted by molar-refractivity contribution is -0.163. The number of amides is 2. The van der Waals surface area contributed by atoms with Crippen LogP contribution in [0.5, 0.6) is 0 Å². The van der Waals surface area contributed by atoms with Crippen molar-refractivity contribution in [1.82, 2.24) is 9.80 Å². The molecule has 4 bridgehead atoms. The van der Waals surface area contributed by atoms with Gasteiger partial charge in [0.25, 0.3) is 5.91 Å². The monoisotopic (exact) mass is 415 g/mol. The van der Waals surface area contributed by atoms with Crippen molar-refractivity contribution in [2.45, 2.75) is 76.2 Å². The van der Waals surface area contributed by atoms with Crippen molar-refractivity contribution in [2.75, 3.05) is 26.2 Å². The standard InChI is InChI=1S/C23H33N3O4/c24-6-4-8-26(23-12-17-9-18(13-23)11-19(10-17)14-23)21(28)16-30-22(29)15-25-7-3-1-2-5-20(25)27/h17-19H,1-5,7-16H2. The van der Waals surface area contributed by atoms with E-state index in [1.54, 1.807) is 4.90 Å². The van der Waals surface area contributed by atoms with E-state index >= 15 is 0 Å². The molecular weight excluding hydrogens is 382 g/mol. The van der Waals surface area contributed by atoms with Gasteiger partial charge in [0, 0.05) is 25.0 Å². The van der Waals surface area contributed by atoms with Crippen LogP contribution in [0.15, 0.2) is 0 Å². The first-order valence-corrected chi connectivity index (χ1v) is 11.6. The van der Waals surface area contributed by atoms with E-state index in [1.165, 1.54) is 19.3 Å². The topological polar surface area (TPSA) is 90.7 Å². The first-order valence-electron chi connectivity index (χ1n) is 11.6. The van der Waals surface area contributed by atoms with Crippen molar-refractivity contribution in [1.29, 1.82) is 5.26 Å². The van der Waals surface area contributed by atoms with Crippen molar-refractivity contribution in [3.05, 3.63) is 0 Å². The maximum Gasteiger partial charge on any atom is 0.326 e. The quantitative estimate of drug-likeness (QED) is 0.596. The molecule has 0 aromatic rings. The molecule has 0 radical (unpaired) electrons. The molecule has 2 amide bonds. The van der Waals surface area contributed by atoms with E-state index in [2.05, 4.69) is 6.07 Å². The van der Waals surface area contributed by atoms with E-state index in [0.29, 0.717) is 43.7 Å². The van der Waals surface area contributed by atoms with Crippen LogP contribution in [0.25, 0.3) is 0 Å². The van der Waals surface area contributed by atoms with E-state index in [-0.39, 0.29) is 30.5 Å². The van der Waals surface area contributed by atoms with Crippen LogP contribution in [0.1, 0.15) is 70.6 Å². The number of nitrogens with zero attached hydrogens (tertiary/aromatic N) is 3. The van der Waals surface area contributed by atoms with Gasteiger partial charge in [0.05, 0.1) is 12.5 Å². The number of hydrogen-bond acceptors (Lipinski definition) is 5. The molecule has 7 heteroatoms. The summed E-state index contributed by atoms with van der Waals surface area (Å²) in [6.07, 6.45) is 10.4. The summed E-state index contributed by atoms with van der Waals surface area (Å²) in [6.45, 7) is 0.600. The molecule has 1 heterocycles. The highest BCUT2D eigenvalue weighted by Gasteiger charge is 2.54. The predicted molar refractivity (Wildman–Crippen MR) is 109 cm³/mol. The van der Waals surface area contributed by atoms with Crippen LogP contribution >= 0.6 is 0 Å². The second-order valence-electron chi connectivity index (χ2n) is 9.88. The average molecular weight is 416 g/mol. The van der Waals surface area contributed by atoms with E-state index < -0.39 is 5.97 Å². The number of carbonyl (C=O) groups excluding carboxylic acids is 3. The number of likely N-dealkylation sites (tertiary alicyclic amines) is 1. The molecule has 4 aliphatic carbocycles. The largest absolute Gasteiger partial charge is 0.454 e. The zero-order chi connectivity index (χ0) is 21.1. The van der Waals surface area contributed by atoms with Crippen molar-refractivity contribution in [3.8, 4) is 6.07 Å². The number of esters is 1. The third-order valence-corrected chi connectivity index (χ3v) is 7.67. The third kappa shape index (κ3) is 4.48. The SMILES string of the molecule is N#CCCN(C(=O)COC(=O)CN1CCCCCC1=O)C12CC3CC(CC(C3)C1)C2. The summed E-state index contributed by atoms with van der Waals surface area (Å²) in [7, 11) is 0. The summed E-state index contributed by atoms with van der Waals surface area (Å²) >= 11 is 0. The molecule has 0 N–H and O–H groups in total. The van der Waals surface area contributed by atoms with Crippen LogP contribution in [0, 0.1) is 29.1 Å². The summed E-state index contributed by atoms with van der Waals surface area (Å²) in [6, 6.07) is 2.17. The molecule has 5 aliphatic rings. The fourth-order valence-corrected chi connectivity index (χ4v) is 6.81. The van der Waals surface area contributed by atoms with Crippen LogP contribution in [-0.4, -0.2) is 59.4 Å². The van der Waals surface area contributed by atoms with E-state index in [0.717, 1.165) is 38.5 Å². The molecule has 164 valence electrons. The molecule has 0 aromatic carbocycles. The van der Waals surface area contributed by atoms with E-state index in [9.17, 15) is 14.4 Å². The van der Waals surface area contributed by atoms with Gasteiger partial charge >= 0.3 is 5.97 Å². The normalized spacial score (nSPS) is 32.4. The average Bonchev–Trinajstić information content (AvgIpc) is 2.90. The van der Waals surface area contributed by atoms with Gasteiger partial charge in [-0.3, -0.25) is 14.4 Å². The number of hydrogen-bond donors (Lipinski definition) is 0. The molecule has 4 saturated carbocycles. The van der Waals surface area contributed by atoms with Crippen LogP contribution < -0.4 is 0 Å². The Bertz CT molecular complexity index is 693. The van der Waals surface area contributed by atoms with Crippen LogP contribution in [0.4, 0.5) is 0 Å². The van der Waals surface area contributed by atoms with Crippen molar-refractivity contribution < 1.29 is 19.1 Å². The molecule has 7 nitrogen and oxygen atoms in total. The van der Waals surface area contributed by atoms with Gasteiger partial charge in [0.1, 0.15) is 6.54 Å². The van der Waals surface area contributed by atoms with Crippen LogP contribution in [0.3, 0.4) is 0 Å². The third-order valence-electron chi connectivity index (χ3n) is 7.67. The van der Waals surface area contributed by atoms with Gasteiger partial charge in [-0.2, -0.15) is 5.26 Å². The Hall–Kier alpha value is -2.10. The number of ether oxygens (including phenoxy) is 1. The predicted octanol–water partition coefficient (Wildman–Crippen LogP) is 2.64. The lowest BCUT2D eigenvalue weighted by Crippen LogP contribution is -2.62. The molecular formula is C23H33N3O4. The van der Waals surface area contributed by atoms with Crippen molar-refractivity contribution in [3.63, 3.8) is 0 Å². The van der Waals surface area contributed by atoms with Gasteiger partial charge in [-0.25, -0.2) is 0 Å². The second kappa shape index (κ2) is 8.95. The first-order chi connectivity index (χ1) is 14.5. The van der Waals surface area contributed by atoms with E-state index in [4.69, 9.17) is 10.00 Å². The van der Waals surface area contributed by atoms with Crippen LogP contribution in [-0.2, 0) is 19.1 Å². The number of carbonyl (C=O) groups is 3.